The van der Waals surface area contributed by atoms with E-state index in [2.05, 4.69) is 10.3 Å². The molecule has 0 bridgehead atoms. The molecule has 5 nitrogen and oxygen atoms in total. The van der Waals surface area contributed by atoms with Gasteiger partial charge in [0.1, 0.15) is 17.5 Å². The van der Waals surface area contributed by atoms with E-state index < -0.39 is 0 Å². The van der Waals surface area contributed by atoms with Crippen molar-refractivity contribution >= 4 is 11.6 Å². The molecular weight excluding hydrogens is 254 g/mol. The molecule has 0 spiro atoms. The molecule has 20 heavy (non-hydrogen) atoms. The molecule has 100 valence electrons. The van der Waals surface area contributed by atoms with Gasteiger partial charge in [-0.1, -0.05) is 6.07 Å². The molecule has 0 unspecified atom stereocenters. The Morgan fingerprint density at radius 3 is 2.75 bits per heavy atom. The summed E-state index contributed by atoms with van der Waals surface area (Å²) in [4.78, 5) is 16.0. The number of nitriles is 1. The molecule has 0 aliphatic carbocycles. The van der Waals surface area contributed by atoms with Gasteiger partial charge in [-0.3, -0.25) is 4.79 Å². The Morgan fingerprint density at radius 2 is 2.15 bits per heavy atom. The third kappa shape index (κ3) is 2.93. The van der Waals surface area contributed by atoms with E-state index in [-0.39, 0.29) is 11.6 Å². The molecular formula is C15H13N3O2. The highest BCUT2D eigenvalue weighted by molar-refractivity contribution is 6.04. The van der Waals surface area contributed by atoms with Crippen LogP contribution in [-0.4, -0.2) is 18.0 Å². The van der Waals surface area contributed by atoms with E-state index in [0.29, 0.717) is 17.0 Å². The second-order valence-corrected chi connectivity index (χ2v) is 4.20. The fraction of sp³-hybridized carbons (Fsp3) is 0.133. The Kier molecular flexibility index (Phi) is 3.96. The lowest BCUT2D eigenvalue weighted by Crippen LogP contribution is -2.13. The molecule has 1 amide bonds. The van der Waals surface area contributed by atoms with E-state index in [1.54, 1.807) is 19.2 Å². The van der Waals surface area contributed by atoms with Crippen LogP contribution in [0.5, 0.6) is 5.75 Å². The van der Waals surface area contributed by atoms with Crippen LogP contribution in [-0.2, 0) is 0 Å². The third-order valence-electron chi connectivity index (χ3n) is 2.74. The molecule has 0 radical (unpaired) electrons. The van der Waals surface area contributed by atoms with Crippen molar-refractivity contribution in [1.82, 2.24) is 4.98 Å². The van der Waals surface area contributed by atoms with Crippen LogP contribution in [0.1, 0.15) is 21.6 Å². The zero-order chi connectivity index (χ0) is 14.5. The third-order valence-corrected chi connectivity index (χ3v) is 2.74. The van der Waals surface area contributed by atoms with Gasteiger partial charge in [0, 0.05) is 6.20 Å². The lowest BCUT2D eigenvalue weighted by atomic mass is 10.2. The molecule has 0 saturated carbocycles. The van der Waals surface area contributed by atoms with E-state index in [0.717, 1.165) is 5.56 Å². The van der Waals surface area contributed by atoms with Gasteiger partial charge in [0.05, 0.1) is 18.4 Å². The largest absolute Gasteiger partial charge is 0.495 e. The number of pyridine rings is 1. The van der Waals surface area contributed by atoms with Crippen LogP contribution in [0, 0.1) is 18.3 Å². The summed E-state index contributed by atoms with van der Waals surface area (Å²) < 4.78 is 5.20. The monoisotopic (exact) mass is 267 g/mol. The van der Waals surface area contributed by atoms with Crippen LogP contribution < -0.4 is 10.1 Å². The summed E-state index contributed by atoms with van der Waals surface area (Å²) in [5.74, 6) is 0.288. The molecule has 0 fully saturated rings. The Balaban J connectivity index is 2.23. The number of methoxy groups -OCH3 is 1. The van der Waals surface area contributed by atoms with Gasteiger partial charge >= 0.3 is 0 Å². The van der Waals surface area contributed by atoms with Gasteiger partial charge in [-0.15, -0.1) is 0 Å². The van der Waals surface area contributed by atoms with Crippen molar-refractivity contribution in [2.45, 2.75) is 6.92 Å². The molecule has 1 heterocycles. The first-order valence-corrected chi connectivity index (χ1v) is 5.96. The number of aromatic nitrogens is 1. The van der Waals surface area contributed by atoms with Crippen LogP contribution in [0.15, 0.2) is 36.5 Å². The van der Waals surface area contributed by atoms with Crippen LogP contribution in [0.2, 0.25) is 0 Å². The summed E-state index contributed by atoms with van der Waals surface area (Å²) in [6.45, 7) is 1.93. The topological polar surface area (TPSA) is 75.0 Å². The molecule has 0 saturated heterocycles. The quantitative estimate of drug-likeness (QED) is 0.927. The summed E-state index contributed by atoms with van der Waals surface area (Å²) in [7, 11) is 1.55. The van der Waals surface area contributed by atoms with E-state index in [1.165, 1.54) is 12.3 Å². The summed E-state index contributed by atoms with van der Waals surface area (Å²) >= 11 is 0. The van der Waals surface area contributed by atoms with Crippen molar-refractivity contribution in [3.05, 3.63) is 53.3 Å². The average Bonchev–Trinajstić information content (AvgIpc) is 2.47. The highest BCUT2D eigenvalue weighted by Gasteiger charge is 2.10. The highest BCUT2D eigenvalue weighted by atomic mass is 16.5. The van der Waals surface area contributed by atoms with Crippen molar-refractivity contribution in [3.63, 3.8) is 0 Å². The Bertz CT molecular complexity index is 673. The van der Waals surface area contributed by atoms with E-state index in [4.69, 9.17) is 10.00 Å². The summed E-state index contributed by atoms with van der Waals surface area (Å²) in [5, 5.41) is 11.4. The molecule has 5 heteroatoms. The molecule has 2 aromatic rings. The average molecular weight is 267 g/mol. The Labute approximate surface area is 116 Å². The number of benzene rings is 1. The van der Waals surface area contributed by atoms with Gasteiger partial charge in [-0.25, -0.2) is 4.98 Å². The Morgan fingerprint density at radius 1 is 1.35 bits per heavy atom. The van der Waals surface area contributed by atoms with Crippen molar-refractivity contribution in [3.8, 4) is 11.8 Å². The van der Waals surface area contributed by atoms with E-state index >= 15 is 0 Å². The van der Waals surface area contributed by atoms with Gasteiger partial charge in [0.25, 0.3) is 5.91 Å². The van der Waals surface area contributed by atoms with Gasteiger partial charge < -0.3 is 10.1 Å². The first-order valence-electron chi connectivity index (χ1n) is 5.96. The molecule has 1 aromatic carbocycles. The predicted octanol–water partition coefficient (Wildman–Crippen LogP) is 2.52. The van der Waals surface area contributed by atoms with Crippen molar-refractivity contribution < 1.29 is 9.53 Å². The maximum absolute atomic E-state index is 12.1. The minimum Gasteiger partial charge on any atom is -0.495 e. The molecule has 0 aliphatic rings. The minimum atomic E-state index is -0.300. The summed E-state index contributed by atoms with van der Waals surface area (Å²) in [6, 6.07) is 10.5. The number of nitrogens with zero attached hydrogens (tertiary/aromatic N) is 2. The van der Waals surface area contributed by atoms with Gasteiger partial charge in [-0.05, 0) is 36.8 Å². The molecule has 1 aromatic heterocycles. The maximum atomic E-state index is 12.1. The second kappa shape index (κ2) is 5.85. The highest BCUT2D eigenvalue weighted by Crippen LogP contribution is 2.25. The summed E-state index contributed by atoms with van der Waals surface area (Å²) in [5.41, 5.74) is 2.27. The van der Waals surface area contributed by atoms with E-state index in [1.807, 2.05) is 25.1 Å². The zero-order valence-electron chi connectivity index (χ0n) is 11.2. The van der Waals surface area contributed by atoms with Gasteiger partial charge in [-0.2, -0.15) is 5.26 Å². The lowest BCUT2D eigenvalue weighted by molar-refractivity contribution is 0.102. The van der Waals surface area contributed by atoms with Crippen LogP contribution in [0.4, 0.5) is 5.69 Å². The predicted molar refractivity (Wildman–Crippen MR) is 74.6 cm³/mol. The standard InChI is InChI=1S/C15H13N3O2/c1-10-3-6-14(20-2)13(7-10)18-15(19)11-4-5-12(8-16)17-9-11/h3-7,9H,1-2H3,(H,18,19). The van der Waals surface area contributed by atoms with Crippen molar-refractivity contribution in [2.24, 2.45) is 0 Å². The van der Waals surface area contributed by atoms with Crippen LogP contribution in [0.25, 0.3) is 0 Å². The number of hydrogen-bond donors (Lipinski definition) is 1. The van der Waals surface area contributed by atoms with Crippen LogP contribution >= 0.6 is 0 Å². The molecule has 2 rings (SSSR count). The number of carbonyl (C=O) groups excluding carboxylic acids is 1. The minimum absolute atomic E-state index is 0.273. The van der Waals surface area contributed by atoms with Gasteiger partial charge in [0.2, 0.25) is 0 Å². The van der Waals surface area contributed by atoms with E-state index in [9.17, 15) is 4.79 Å². The number of nitrogens with one attached hydrogen (secondary N) is 1. The lowest BCUT2D eigenvalue weighted by Gasteiger charge is -2.10. The number of ether oxygens (including phenoxy) is 1. The molecule has 0 atom stereocenters. The number of amides is 1. The van der Waals surface area contributed by atoms with Crippen molar-refractivity contribution in [2.75, 3.05) is 12.4 Å². The number of carbonyl (C=O) groups is 1. The fourth-order valence-corrected chi connectivity index (χ4v) is 1.71. The fourth-order valence-electron chi connectivity index (χ4n) is 1.71. The SMILES string of the molecule is COc1ccc(C)cc1NC(=O)c1ccc(C#N)nc1. The maximum Gasteiger partial charge on any atom is 0.257 e. The first-order chi connectivity index (χ1) is 9.63. The normalized spacial score (nSPS) is 9.65. The zero-order valence-corrected chi connectivity index (χ0v) is 11.2. The van der Waals surface area contributed by atoms with Crippen molar-refractivity contribution in [1.29, 1.82) is 5.26 Å². The van der Waals surface area contributed by atoms with Gasteiger partial charge in [0.15, 0.2) is 0 Å². The number of rotatable bonds is 3. The first kappa shape index (κ1) is 13.6. The summed E-state index contributed by atoms with van der Waals surface area (Å²) in [6.07, 6.45) is 1.37. The molecule has 1 N–H and O–H groups in total. The Hall–Kier alpha value is -2.87. The molecule has 0 aliphatic heterocycles. The number of aryl methyl sites for hydroxylation is 1. The number of hydrogen-bond acceptors (Lipinski definition) is 4. The second-order valence-electron chi connectivity index (χ2n) is 4.20. The van der Waals surface area contributed by atoms with Crippen LogP contribution in [0.3, 0.4) is 0 Å². The number of anilines is 1. The smallest absolute Gasteiger partial charge is 0.257 e.